The lowest BCUT2D eigenvalue weighted by Gasteiger charge is -2.15. The van der Waals surface area contributed by atoms with E-state index in [4.69, 9.17) is 0 Å². The Bertz CT molecular complexity index is 792. The second-order valence-corrected chi connectivity index (χ2v) is 7.58. The number of hydrogen-bond donors (Lipinski definition) is 1. The number of fused-ring (bicyclic) bond motifs is 1. The van der Waals surface area contributed by atoms with Gasteiger partial charge in [-0.1, -0.05) is 40.2 Å². The Labute approximate surface area is 131 Å². The summed E-state index contributed by atoms with van der Waals surface area (Å²) in [6.07, 6.45) is 1.52. The maximum absolute atomic E-state index is 13.9. The molecule has 0 saturated heterocycles. The third-order valence-electron chi connectivity index (χ3n) is 3.61. The Hall–Kier alpha value is -1.24. The predicted molar refractivity (Wildman–Crippen MR) is 81.9 cm³/mol. The quantitative estimate of drug-likeness (QED) is 0.898. The molecule has 1 unspecified atom stereocenters. The van der Waals surface area contributed by atoms with Crippen molar-refractivity contribution in [2.45, 2.75) is 23.8 Å². The van der Waals surface area contributed by atoms with Crippen LogP contribution in [-0.2, 0) is 16.4 Å². The summed E-state index contributed by atoms with van der Waals surface area (Å²) >= 11 is 3.12. The van der Waals surface area contributed by atoms with Crippen molar-refractivity contribution in [1.82, 2.24) is 4.72 Å². The Morgan fingerprint density at radius 1 is 1.19 bits per heavy atom. The normalized spacial score (nSPS) is 17.7. The van der Waals surface area contributed by atoms with Gasteiger partial charge in [0.05, 0.1) is 0 Å². The van der Waals surface area contributed by atoms with E-state index in [1.807, 2.05) is 24.3 Å². The molecule has 0 amide bonds. The Morgan fingerprint density at radius 2 is 1.95 bits per heavy atom. The topological polar surface area (TPSA) is 46.2 Å². The van der Waals surface area contributed by atoms with Gasteiger partial charge >= 0.3 is 0 Å². The van der Waals surface area contributed by atoms with Crippen LogP contribution in [0.3, 0.4) is 0 Å². The first kappa shape index (κ1) is 14.7. The lowest BCUT2D eigenvalue weighted by molar-refractivity contribution is 0.538. The lowest BCUT2D eigenvalue weighted by atomic mass is 10.1. The summed E-state index contributed by atoms with van der Waals surface area (Å²) in [6.45, 7) is 0. The van der Waals surface area contributed by atoms with Crippen LogP contribution >= 0.6 is 15.9 Å². The molecule has 0 saturated carbocycles. The van der Waals surface area contributed by atoms with Gasteiger partial charge in [0.2, 0.25) is 10.0 Å². The van der Waals surface area contributed by atoms with E-state index in [9.17, 15) is 12.8 Å². The third-order valence-corrected chi connectivity index (χ3v) is 5.61. The number of halogens is 2. The first-order valence-corrected chi connectivity index (χ1v) is 8.80. The molecule has 110 valence electrons. The number of nitrogens with one attached hydrogen (secondary N) is 1. The number of benzene rings is 2. The van der Waals surface area contributed by atoms with Gasteiger partial charge in [0.25, 0.3) is 0 Å². The van der Waals surface area contributed by atoms with E-state index in [0.29, 0.717) is 10.9 Å². The Balaban J connectivity index is 1.91. The lowest BCUT2D eigenvalue weighted by Crippen LogP contribution is -2.28. The van der Waals surface area contributed by atoms with Crippen LogP contribution in [0.1, 0.15) is 23.6 Å². The average molecular weight is 370 g/mol. The molecule has 1 N–H and O–H groups in total. The SMILES string of the molecule is O=S(=O)(NC1CCc2ccccc21)c1ccc(Br)cc1F. The fourth-order valence-corrected chi connectivity index (χ4v) is 4.27. The molecule has 0 heterocycles. The molecule has 1 aliphatic rings. The molecule has 0 bridgehead atoms. The fraction of sp³-hybridized carbons (Fsp3) is 0.200. The molecule has 6 heteroatoms. The highest BCUT2D eigenvalue weighted by molar-refractivity contribution is 9.10. The van der Waals surface area contributed by atoms with E-state index < -0.39 is 15.8 Å². The van der Waals surface area contributed by atoms with E-state index in [1.165, 1.54) is 12.1 Å². The van der Waals surface area contributed by atoms with Crippen LogP contribution in [0, 0.1) is 5.82 Å². The molecule has 3 nitrogen and oxygen atoms in total. The van der Waals surface area contributed by atoms with Crippen molar-refractivity contribution < 1.29 is 12.8 Å². The minimum Gasteiger partial charge on any atom is -0.207 e. The van der Waals surface area contributed by atoms with Gasteiger partial charge in [-0.3, -0.25) is 0 Å². The number of hydrogen-bond acceptors (Lipinski definition) is 2. The van der Waals surface area contributed by atoms with Crippen LogP contribution in [0.4, 0.5) is 4.39 Å². The molecule has 0 spiro atoms. The summed E-state index contributed by atoms with van der Waals surface area (Å²) in [5.41, 5.74) is 2.11. The molecule has 1 atom stereocenters. The third kappa shape index (κ3) is 2.88. The zero-order chi connectivity index (χ0) is 15.0. The van der Waals surface area contributed by atoms with Crippen molar-refractivity contribution in [2.24, 2.45) is 0 Å². The van der Waals surface area contributed by atoms with E-state index in [-0.39, 0.29) is 10.9 Å². The summed E-state index contributed by atoms with van der Waals surface area (Å²) in [6, 6.07) is 11.3. The van der Waals surface area contributed by atoms with Crippen LogP contribution in [0.2, 0.25) is 0 Å². The van der Waals surface area contributed by atoms with Crippen molar-refractivity contribution >= 4 is 26.0 Å². The van der Waals surface area contributed by atoms with E-state index in [2.05, 4.69) is 20.7 Å². The molecular formula is C15H13BrFNO2S. The van der Waals surface area contributed by atoms with Gasteiger partial charge in [0.15, 0.2) is 0 Å². The molecule has 0 fully saturated rings. The monoisotopic (exact) mass is 369 g/mol. The minimum absolute atomic E-state index is 0.297. The number of aryl methyl sites for hydroxylation is 1. The molecule has 1 aliphatic carbocycles. The highest BCUT2D eigenvalue weighted by Crippen LogP contribution is 2.32. The summed E-state index contributed by atoms with van der Waals surface area (Å²) in [7, 11) is -3.88. The zero-order valence-electron chi connectivity index (χ0n) is 11.0. The van der Waals surface area contributed by atoms with E-state index >= 15 is 0 Å². The predicted octanol–water partition coefficient (Wildman–Crippen LogP) is 3.55. The number of sulfonamides is 1. The molecule has 0 aromatic heterocycles. The van der Waals surface area contributed by atoms with Gasteiger partial charge in [-0.25, -0.2) is 17.5 Å². The highest BCUT2D eigenvalue weighted by atomic mass is 79.9. The van der Waals surface area contributed by atoms with Crippen molar-refractivity contribution in [1.29, 1.82) is 0 Å². The molecule has 3 rings (SSSR count). The van der Waals surface area contributed by atoms with Crippen molar-refractivity contribution in [3.05, 3.63) is 63.9 Å². The van der Waals surface area contributed by atoms with Gasteiger partial charge in [-0.15, -0.1) is 0 Å². The molecular weight excluding hydrogens is 357 g/mol. The van der Waals surface area contributed by atoms with Crippen LogP contribution < -0.4 is 4.72 Å². The zero-order valence-corrected chi connectivity index (χ0v) is 13.4. The van der Waals surface area contributed by atoms with Crippen molar-refractivity contribution in [3.63, 3.8) is 0 Å². The molecule has 2 aromatic rings. The first-order valence-electron chi connectivity index (χ1n) is 6.52. The van der Waals surface area contributed by atoms with Crippen LogP contribution in [0.25, 0.3) is 0 Å². The second kappa shape index (κ2) is 5.51. The molecule has 21 heavy (non-hydrogen) atoms. The van der Waals surface area contributed by atoms with Crippen molar-refractivity contribution in [2.75, 3.05) is 0 Å². The van der Waals surface area contributed by atoms with E-state index in [0.717, 1.165) is 23.6 Å². The van der Waals surface area contributed by atoms with Crippen molar-refractivity contribution in [3.8, 4) is 0 Å². The highest BCUT2D eigenvalue weighted by Gasteiger charge is 2.28. The van der Waals surface area contributed by atoms with Gasteiger partial charge in [-0.2, -0.15) is 0 Å². The van der Waals surface area contributed by atoms with Gasteiger partial charge < -0.3 is 0 Å². The van der Waals surface area contributed by atoms with Gasteiger partial charge in [-0.05, 0) is 42.2 Å². The Morgan fingerprint density at radius 3 is 2.71 bits per heavy atom. The summed E-state index contributed by atoms with van der Waals surface area (Å²) < 4.78 is 41.7. The maximum atomic E-state index is 13.9. The fourth-order valence-electron chi connectivity index (χ4n) is 2.62. The second-order valence-electron chi connectivity index (χ2n) is 4.99. The maximum Gasteiger partial charge on any atom is 0.244 e. The first-order chi connectivity index (χ1) is 9.97. The van der Waals surface area contributed by atoms with Gasteiger partial charge in [0, 0.05) is 10.5 Å². The smallest absolute Gasteiger partial charge is 0.207 e. The standard InChI is InChI=1S/C15H13BrFNO2S/c16-11-6-8-15(13(17)9-11)21(19,20)18-14-7-5-10-3-1-2-4-12(10)14/h1-4,6,8-9,14,18H,5,7H2. The number of rotatable bonds is 3. The molecule has 2 aromatic carbocycles. The summed E-state index contributed by atoms with van der Waals surface area (Å²) in [5.74, 6) is -0.761. The molecule has 0 aliphatic heterocycles. The molecule has 0 radical (unpaired) electrons. The van der Waals surface area contributed by atoms with E-state index in [1.54, 1.807) is 0 Å². The van der Waals surface area contributed by atoms with Crippen LogP contribution in [0.5, 0.6) is 0 Å². The van der Waals surface area contributed by atoms with Crippen LogP contribution in [0.15, 0.2) is 51.8 Å². The summed E-state index contributed by atoms with van der Waals surface area (Å²) in [4.78, 5) is -0.324. The minimum atomic E-state index is -3.88. The van der Waals surface area contributed by atoms with Gasteiger partial charge in [0.1, 0.15) is 10.7 Å². The summed E-state index contributed by atoms with van der Waals surface area (Å²) in [5, 5.41) is 0. The van der Waals surface area contributed by atoms with Crippen LogP contribution in [-0.4, -0.2) is 8.42 Å². The average Bonchev–Trinajstić information content (AvgIpc) is 2.81. The largest absolute Gasteiger partial charge is 0.244 e. The Kier molecular flexibility index (Phi) is 3.86.